The van der Waals surface area contributed by atoms with Gasteiger partial charge in [-0.15, -0.1) is 0 Å². The van der Waals surface area contributed by atoms with Crippen molar-refractivity contribution in [3.8, 4) is 0 Å². The van der Waals surface area contributed by atoms with Gasteiger partial charge in [0.2, 0.25) is 0 Å². The first-order valence-corrected chi connectivity index (χ1v) is 39.3. The third-order valence-electron chi connectivity index (χ3n) is 18.9. The number of phosphoric ester groups is 1. The Kier molecular flexibility index (Phi) is 49.4. The van der Waals surface area contributed by atoms with E-state index in [-0.39, 0.29) is 19.3 Å². The summed E-state index contributed by atoms with van der Waals surface area (Å²) < 4.78 is 65.0. The molecule has 0 radical (unpaired) electrons. The summed E-state index contributed by atoms with van der Waals surface area (Å²) in [4.78, 5) is 50.9. The van der Waals surface area contributed by atoms with Crippen molar-refractivity contribution in [2.24, 2.45) is 0 Å². The van der Waals surface area contributed by atoms with Crippen molar-refractivity contribution in [1.29, 1.82) is 0 Å². The second kappa shape index (κ2) is 53.7. The van der Waals surface area contributed by atoms with Gasteiger partial charge in [-0.05, 0) is 19.3 Å². The third-order valence-corrected chi connectivity index (χ3v) is 19.9. The molecular formula is C71H133O24P. The van der Waals surface area contributed by atoms with Gasteiger partial charge in [-0.25, -0.2) is 4.57 Å². The Balaban J connectivity index is 1.72. The molecule has 0 aromatic carbocycles. The topological polar surface area (TPSA) is 374 Å². The molecule has 0 bridgehead atoms. The van der Waals surface area contributed by atoms with Crippen LogP contribution in [0.2, 0.25) is 0 Å². The molecule has 96 heavy (non-hydrogen) atoms. The number of hydrogen-bond donors (Lipinski definition) is 11. The summed E-state index contributed by atoms with van der Waals surface area (Å²) in [6.45, 7) is 3.46. The van der Waals surface area contributed by atoms with E-state index in [1.165, 1.54) is 154 Å². The fourth-order valence-corrected chi connectivity index (χ4v) is 13.7. The summed E-state index contributed by atoms with van der Waals surface area (Å²) in [7, 11) is -5.69. The highest BCUT2D eigenvalue weighted by molar-refractivity contribution is 7.47. The minimum absolute atomic E-state index is 0.0338. The largest absolute Gasteiger partial charge is 0.472 e. The zero-order chi connectivity index (χ0) is 70.4. The summed E-state index contributed by atoms with van der Waals surface area (Å²) in [5.41, 5.74) is 0. The fourth-order valence-electron chi connectivity index (χ4n) is 12.7. The number of aliphatic hydroxyl groups is 10. The minimum Gasteiger partial charge on any atom is -0.463 e. The molecule has 0 spiro atoms. The van der Waals surface area contributed by atoms with Crippen LogP contribution < -0.4 is 0 Å². The molecule has 3 fully saturated rings. The van der Waals surface area contributed by atoms with Crippen molar-refractivity contribution in [3.05, 3.63) is 0 Å². The van der Waals surface area contributed by atoms with Gasteiger partial charge in [0.05, 0.1) is 13.2 Å². The summed E-state index contributed by atoms with van der Waals surface area (Å²) >= 11 is 0. The van der Waals surface area contributed by atoms with Crippen LogP contribution >= 0.6 is 7.82 Å². The predicted molar refractivity (Wildman–Crippen MR) is 361 cm³/mol. The van der Waals surface area contributed by atoms with Crippen LogP contribution in [0.4, 0.5) is 0 Å². The van der Waals surface area contributed by atoms with Gasteiger partial charge in [-0.3, -0.25) is 23.4 Å². The Morgan fingerprint density at radius 2 is 0.667 bits per heavy atom. The quantitative estimate of drug-likeness (QED) is 0.0117. The van der Waals surface area contributed by atoms with E-state index in [0.29, 0.717) is 19.3 Å². The van der Waals surface area contributed by atoms with E-state index in [0.717, 1.165) is 89.9 Å². The Labute approximate surface area is 574 Å². The lowest BCUT2D eigenvalue weighted by atomic mass is 9.84. The lowest BCUT2D eigenvalue weighted by molar-refractivity contribution is -0.360. The molecule has 18 atom stereocenters. The second-order valence-electron chi connectivity index (χ2n) is 27.4. The lowest BCUT2D eigenvalue weighted by Crippen LogP contribution is -2.69. The van der Waals surface area contributed by atoms with Crippen LogP contribution in [0.5, 0.6) is 0 Å². The average molecular weight is 1400 g/mol. The molecule has 18 unspecified atom stereocenters. The fraction of sp³-hybridized carbons (Fsp3) is 0.958. The molecule has 1 aliphatic carbocycles. The summed E-state index contributed by atoms with van der Waals surface area (Å²) in [6, 6.07) is 0. The van der Waals surface area contributed by atoms with Crippen LogP contribution in [0, 0.1) is 0 Å². The summed E-state index contributed by atoms with van der Waals surface area (Å²) in [6.07, 6.45) is 10.3. The first-order valence-electron chi connectivity index (χ1n) is 37.8. The van der Waals surface area contributed by atoms with Gasteiger partial charge < -0.3 is 89.1 Å². The highest BCUT2D eigenvalue weighted by Gasteiger charge is 2.58. The number of carbonyl (C=O) groups is 3. The number of esters is 3. The minimum atomic E-state index is -5.69. The maximum Gasteiger partial charge on any atom is 0.472 e. The van der Waals surface area contributed by atoms with Crippen LogP contribution in [0.15, 0.2) is 0 Å². The Morgan fingerprint density at radius 3 is 1.02 bits per heavy atom. The monoisotopic (exact) mass is 1400 g/mol. The van der Waals surface area contributed by atoms with Gasteiger partial charge in [0.25, 0.3) is 0 Å². The molecule has 3 aliphatic rings. The highest BCUT2D eigenvalue weighted by atomic mass is 31.2. The second-order valence-corrected chi connectivity index (χ2v) is 28.8. The van der Waals surface area contributed by atoms with Crippen molar-refractivity contribution < 1.29 is 117 Å². The number of rotatable bonds is 59. The van der Waals surface area contributed by atoms with Crippen LogP contribution in [-0.4, -0.2) is 204 Å². The molecule has 2 aliphatic heterocycles. The standard InChI is InChI=1S/C71H133O24P/c1-4-7-10-13-16-19-22-25-26-27-29-32-34-37-40-43-46-56(74)88-51-54-59(77)61(79)66(84)71(92-54)94-68-64(82)62(80)63(81)67(93-70-65(83)60(78)58(76)53(48-72)91-70)69(68)95-96(85,86)89-50-52(90-57(75)47-44-41-38-35-30-24-21-18-15-12-9-6-3)49-87-55(73)45-42-39-36-33-31-28-23-20-17-14-11-8-5-2/h52-54,58-72,76-84H,4-51H2,1-3H3,(H,85,86). The number of hydrogen-bond acceptors (Lipinski definition) is 23. The van der Waals surface area contributed by atoms with E-state index in [4.69, 9.17) is 42.2 Å². The van der Waals surface area contributed by atoms with Gasteiger partial charge in [0.1, 0.15) is 98.7 Å². The third kappa shape index (κ3) is 36.7. The maximum absolute atomic E-state index is 14.3. The molecule has 0 amide bonds. The molecule has 1 saturated carbocycles. The smallest absolute Gasteiger partial charge is 0.463 e. The molecular weight excluding hydrogens is 1270 g/mol. The van der Waals surface area contributed by atoms with Crippen LogP contribution in [0.1, 0.15) is 303 Å². The zero-order valence-corrected chi connectivity index (χ0v) is 59.8. The van der Waals surface area contributed by atoms with Gasteiger partial charge >= 0.3 is 25.7 Å². The first kappa shape index (κ1) is 88.2. The van der Waals surface area contributed by atoms with E-state index in [1.54, 1.807) is 0 Å². The molecule has 0 aromatic heterocycles. The van der Waals surface area contributed by atoms with Crippen molar-refractivity contribution >= 4 is 25.7 Å². The number of unbranched alkanes of at least 4 members (excludes halogenated alkanes) is 38. The molecule has 566 valence electrons. The van der Waals surface area contributed by atoms with E-state index >= 15 is 0 Å². The van der Waals surface area contributed by atoms with E-state index in [1.807, 2.05) is 0 Å². The molecule has 24 nitrogen and oxygen atoms in total. The summed E-state index contributed by atoms with van der Waals surface area (Å²) in [5, 5.41) is 110. The number of carbonyl (C=O) groups excluding carboxylic acids is 3. The normalized spacial score (nSPS) is 27.9. The Bertz CT molecular complexity index is 1990. The molecule has 25 heteroatoms. The van der Waals surface area contributed by atoms with Gasteiger partial charge in [-0.1, -0.05) is 265 Å². The van der Waals surface area contributed by atoms with Gasteiger partial charge in [0, 0.05) is 19.3 Å². The number of aliphatic hydroxyl groups excluding tert-OH is 10. The number of ether oxygens (including phenoxy) is 7. The van der Waals surface area contributed by atoms with Gasteiger partial charge in [0.15, 0.2) is 18.7 Å². The Morgan fingerprint density at radius 1 is 0.365 bits per heavy atom. The average Bonchev–Trinajstić information content (AvgIpc) is 0.763. The van der Waals surface area contributed by atoms with E-state index < -0.39 is 156 Å². The molecule has 3 rings (SSSR count). The van der Waals surface area contributed by atoms with Gasteiger partial charge in [-0.2, -0.15) is 0 Å². The SMILES string of the molecule is CCCCCCCCCCCCCCCCCCC(=O)OCC1OC(OC2C(O)C(O)C(O)C(OC3OC(CO)C(O)C(O)C3O)C2OP(=O)(O)OCC(COC(=O)CCCCCCCCCCCCCCC)OC(=O)CCCCCCCCCCCCCC)C(O)C(O)C1O. The number of phosphoric acid groups is 1. The maximum atomic E-state index is 14.3. The van der Waals surface area contributed by atoms with Crippen molar-refractivity contribution in [2.45, 2.75) is 407 Å². The van der Waals surface area contributed by atoms with Crippen molar-refractivity contribution in [1.82, 2.24) is 0 Å². The van der Waals surface area contributed by atoms with E-state index in [9.17, 15) is 74.9 Å². The van der Waals surface area contributed by atoms with Crippen LogP contribution in [-0.2, 0) is 61.2 Å². The predicted octanol–water partition coefficient (Wildman–Crippen LogP) is 10.2. The van der Waals surface area contributed by atoms with Crippen LogP contribution in [0.25, 0.3) is 0 Å². The first-order chi connectivity index (χ1) is 46.3. The van der Waals surface area contributed by atoms with Crippen molar-refractivity contribution in [2.75, 3.05) is 26.4 Å². The summed E-state index contributed by atoms with van der Waals surface area (Å²) in [5.74, 6) is -1.97. The van der Waals surface area contributed by atoms with Crippen LogP contribution in [0.3, 0.4) is 0 Å². The molecule has 2 heterocycles. The highest BCUT2D eigenvalue weighted by Crippen LogP contribution is 2.49. The zero-order valence-electron chi connectivity index (χ0n) is 58.9. The van der Waals surface area contributed by atoms with Crippen molar-refractivity contribution in [3.63, 3.8) is 0 Å². The lowest BCUT2D eigenvalue weighted by Gasteiger charge is -2.49. The Hall–Kier alpha value is -2.04. The molecule has 0 aromatic rings. The molecule has 11 N–H and O–H groups in total. The van der Waals surface area contributed by atoms with E-state index in [2.05, 4.69) is 20.8 Å². The molecule has 2 saturated heterocycles.